The fraction of sp³-hybridized carbons (Fsp3) is 0.214. The summed E-state index contributed by atoms with van der Waals surface area (Å²) >= 11 is 0. The maximum absolute atomic E-state index is 12.4. The lowest BCUT2D eigenvalue weighted by Crippen LogP contribution is -2.03. The van der Waals surface area contributed by atoms with Gasteiger partial charge in [0.1, 0.15) is 7.14 Å². The van der Waals surface area contributed by atoms with E-state index in [-0.39, 0.29) is 7.92 Å². The number of rotatable bonds is 2. The van der Waals surface area contributed by atoms with E-state index >= 15 is 0 Å². The van der Waals surface area contributed by atoms with Crippen molar-refractivity contribution in [2.75, 3.05) is 12.3 Å². The average Bonchev–Trinajstić information content (AvgIpc) is 3.42. The smallest absolute Gasteiger partial charge is 0.138 e. The van der Waals surface area contributed by atoms with Gasteiger partial charge in [0.15, 0.2) is 0 Å². The minimum Gasteiger partial charge on any atom is -0.314 e. The van der Waals surface area contributed by atoms with Gasteiger partial charge in [-0.25, -0.2) is 0 Å². The van der Waals surface area contributed by atoms with Crippen LogP contribution in [0.2, 0.25) is 0 Å². The van der Waals surface area contributed by atoms with Crippen LogP contribution in [0.4, 0.5) is 0 Å². The van der Waals surface area contributed by atoms with Crippen LogP contribution in [0.15, 0.2) is 115 Å². The molecule has 2 unspecified atom stereocenters. The summed E-state index contributed by atoms with van der Waals surface area (Å²) in [5.74, 6) is 0. The molecule has 2 heterocycles. The quantitative estimate of drug-likeness (QED) is 0.339. The van der Waals surface area contributed by atoms with Gasteiger partial charge in [0.2, 0.25) is 0 Å². The number of allylic oxidation sites excluding steroid dienone is 2. The van der Waals surface area contributed by atoms with Gasteiger partial charge in [0.25, 0.3) is 0 Å². The molecule has 0 aliphatic carbocycles. The third-order valence-electron chi connectivity index (χ3n) is 5.86. The van der Waals surface area contributed by atoms with Gasteiger partial charge in [-0.1, -0.05) is 109 Å². The van der Waals surface area contributed by atoms with Gasteiger partial charge >= 0.3 is 0 Å². The molecular weight excluding hydrogens is 442 g/mol. The van der Waals surface area contributed by atoms with Crippen LogP contribution in [0, 0.1) is 0 Å². The first kappa shape index (κ1) is 24.7. The zero-order valence-electron chi connectivity index (χ0n) is 19.1. The summed E-state index contributed by atoms with van der Waals surface area (Å²) in [7, 11) is -1.03. The van der Waals surface area contributed by atoms with Gasteiger partial charge in [0.05, 0.1) is 0 Å². The summed E-state index contributed by atoms with van der Waals surface area (Å²) < 4.78 is 12.4. The van der Waals surface area contributed by atoms with Crippen molar-refractivity contribution in [3.8, 4) is 0 Å². The van der Waals surface area contributed by atoms with E-state index in [1.807, 2.05) is 36.4 Å². The van der Waals surface area contributed by atoms with Crippen molar-refractivity contribution < 1.29 is 4.57 Å². The highest BCUT2D eigenvalue weighted by molar-refractivity contribution is 7.75. The van der Waals surface area contributed by atoms with Crippen LogP contribution in [0.1, 0.15) is 25.7 Å². The Balaban J connectivity index is 0.000000142. The van der Waals surface area contributed by atoms with Crippen molar-refractivity contribution in [3.05, 3.63) is 115 Å². The Kier molecular flexibility index (Phi) is 9.48. The summed E-state index contributed by atoms with van der Waals surface area (Å²) in [5, 5.41) is 6.39. The first-order chi connectivity index (χ1) is 15.5. The van der Waals surface area contributed by atoms with Gasteiger partial charge < -0.3 is 4.57 Å². The summed E-state index contributed by atoms with van der Waals surface area (Å²) in [4.78, 5) is 0. The van der Waals surface area contributed by atoms with E-state index in [0.717, 1.165) is 29.6 Å². The Labute approximate surface area is 198 Å². The molecule has 4 heteroatoms. The van der Waals surface area contributed by atoms with Crippen molar-refractivity contribution in [3.63, 3.8) is 0 Å². The standard InChI is InChI=1S/C11H13OP.C11H13P.C6H8Si/c1-10-6-5-9-13(10,12)11-7-3-2-4-8-11;1-10-6-5-9-12(10)11-7-3-2-4-8-11;7-6-4-2-1-3-5-6/h2-4,7-8H,1,5-6,9H2;2-4,7-8H,1,5-6,9H2;1-5H,7H3. The predicted molar refractivity (Wildman–Crippen MR) is 149 cm³/mol. The molecule has 1 nitrogen and oxygen atoms in total. The number of hydrogen-bond acceptors (Lipinski definition) is 1. The Morgan fingerprint density at radius 1 is 0.750 bits per heavy atom. The summed E-state index contributed by atoms with van der Waals surface area (Å²) in [6.07, 6.45) is 6.74. The van der Waals surface area contributed by atoms with Crippen LogP contribution in [-0.2, 0) is 4.57 Å². The molecule has 5 rings (SSSR count). The monoisotopic (exact) mass is 476 g/mol. The van der Waals surface area contributed by atoms with Gasteiger partial charge in [-0.15, -0.1) is 0 Å². The molecule has 2 saturated heterocycles. The van der Waals surface area contributed by atoms with Crippen LogP contribution in [0.5, 0.6) is 0 Å². The third kappa shape index (κ3) is 6.76. The van der Waals surface area contributed by atoms with E-state index in [4.69, 9.17) is 0 Å². The lowest BCUT2D eigenvalue weighted by molar-refractivity contribution is 0.587. The SMILES string of the molecule is C=C1CCCP1(=O)c1ccccc1.C=C1CCCP1c1ccccc1.[SiH3]c1ccccc1. The van der Waals surface area contributed by atoms with Gasteiger partial charge in [-0.05, 0) is 55.7 Å². The van der Waals surface area contributed by atoms with Crippen molar-refractivity contribution >= 4 is 41.1 Å². The first-order valence-corrected chi connectivity index (χ1v) is 15.8. The first-order valence-electron chi connectivity index (χ1n) is 11.4. The molecule has 0 amide bonds. The van der Waals surface area contributed by atoms with Gasteiger partial charge in [-0.2, -0.15) is 0 Å². The lowest BCUT2D eigenvalue weighted by atomic mass is 10.3. The molecule has 32 heavy (non-hydrogen) atoms. The van der Waals surface area contributed by atoms with E-state index in [9.17, 15) is 4.57 Å². The van der Waals surface area contributed by atoms with Gasteiger partial charge in [-0.3, -0.25) is 0 Å². The number of hydrogen-bond donors (Lipinski definition) is 0. The largest absolute Gasteiger partial charge is 0.314 e. The molecule has 2 fully saturated rings. The number of benzene rings is 3. The molecule has 0 N–H and O–H groups in total. The van der Waals surface area contributed by atoms with E-state index in [2.05, 4.69) is 67.8 Å². The Hall–Kier alpha value is -1.98. The second-order valence-corrected chi connectivity index (χ2v) is 15.0. The highest BCUT2D eigenvalue weighted by Crippen LogP contribution is 2.59. The molecule has 0 saturated carbocycles. The maximum atomic E-state index is 12.4. The van der Waals surface area contributed by atoms with E-state index in [1.54, 1.807) is 0 Å². The maximum Gasteiger partial charge on any atom is 0.138 e. The van der Waals surface area contributed by atoms with E-state index < -0.39 is 7.14 Å². The summed E-state index contributed by atoms with van der Waals surface area (Å²) in [6.45, 7) is 8.06. The van der Waals surface area contributed by atoms with Crippen molar-refractivity contribution in [1.82, 2.24) is 0 Å². The van der Waals surface area contributed by atoms with Crippen molar-refractivity contribution in [2.45, 2.75) is 25.7 Å². The van der Waals surface area contributed by atoms with Crippen LogP contribution >= 0.6 is 15.1 Å². The van der Waals surface area contributed by atoms with Crippen LogP contribution < -0.4 is 15.8 Å². The molecular formula is C28H34OP2Si. The van der Waals surface area contributed by atoms with Crippen molar-refractivity contribution in [1.29, 1.82) is 0 Å². The van der Waals surface area contributed by atoms with Crippen LogP contribution in [0.3, 0.4) is 0 Å². The van der Waals surface area contributed by atoms with Crippen molar-refractivity contribution in [2.24, 2.45) is 0 Å². The second kappa shape index (κ2) is 12.3. The highest BCUT2D eigenvalue weighted by Gasteiger charge is 2.32. The molecule has 0 aromatic heterocycles. The summed E-state index contributed by atoms with van der Waals surface area (Å²) in [5.41, 5.74) is 0. The normalized spacial score (nSPS) is 21.9. The molecule has 0 bridgehead atoms. The molecule has 166 valence electrons. The van der Waals surface area contributed by atoms with E-state index in [1.165, 1.54) is 45.1 Å². The topological polar surface area (TPSA) is 17.1 Å². The molecule has 0 spiro atoms. The second-order valence-electron chi connectivity index (χ2n) is 8.28. The fourth-order valence-corrected chi connectivity index (χ4v) is 9.49. The minimum atomic E-state index is -2.21. The average molecular weight is 477 g/mol. The predicted octanol–water partition coefficient (Wildman–Crippen LogP) is 5.76. The Morgan fingerprint density at radius 2 is 1.31 bits per heavy atom. The van der Waals surface area contributed by atoms with Crippen LogP contribution in [0.25, 0.3) is 0 Å². The molecule has 2 aliphatic rings. The molecule has 2 atom stereocenters. The Bertz CT molecular complexity index is 1050. The van der Waals surface area contributed by atoms with Gasteiger partial charge in [0, 0.05) is 21.7 Å². The third-order valence-corrected chi connectivity index (χ3v) is 12.5. The minimum absolute atomic E-state index is 0.00412. The fourth-order valence-electron chi connectivity index (χ4n) is 4.01. The van der Waals surface area contributed by atoms with Crippen LogP contribution in [-0.4, -0.2) is 22.6 Å². The molecule has 0 radical (unpaired) electrons. The zero-order valence-corrected chi connectivity index (χ0v) is 22.9. The summed E-state index contributed by atoms with van der Waals surface area (Å²) in [6, 6.07) is 31.0. The highest BCUT2D eigenvalue weighted by atomic mass is 31.2. The zero-order chi connectivity index (χ0) is 22.8. The molecule has 3 aromatic carbocycles. The lowest BCUT2D eigenvalue weighted by Gasteiger charge is -2.12. The molecule has 3 aromatic rings. The Morgan fingerprint density at radius 3 is 1.75 bits per heavy atom. The van der Waals surface area contributed by atoms with E-state index in [0.29, 0.717) is 0 Å². The molecule has 2 aliphatic heterocycles.